The molecule has 2 aromatic rings. The van der Waals surface area contributed by atoms with Gasteiger partial charge in [0, 0.05) is 36.3 Å². The highest BCUT2D eigenvalue weighted by atomic mass is 16.5. The molecule has 1 aliphatic carbocycles. The van der Waals surface area contributed by atoms with E-state index >= 15 is 0 Å². The highest BCUT2D eigenvalue weighted by Crippen LogP contribution is 2.39. The van der Waals surface area contributed by atoms with E-state index < -0.39 is 0 Å². The minimum atomic E-state index is 0.0498. The van der Waals surface area contributed by atoms with E-state index in [2.05, 4.69) is 4.90 Å². The van der Waals surface area contributed by atoms with Gasteiger partial charge in [0.25, 0.3) is 0 Å². The third-order valence-electron chi connectivity index (χ3n) is 4.42. The maximum atomic E-state index is 12.5. The van der Waals surface area contributed by atoms with Gasteiger partial charge in [0.15, 0.2) is 5.78 Å². The summed E-state index contributed by atoms with van der Waals surface area (Å²) in [7, 11) is 0. The summed E-state index contributed by atoms with van der Waals surface area (Å²) in [5, 5.41) is 10.3. The average Bonchev–Trinajstić information content (AvgIpc) is 2.82. The third kappa shape index (κ3) is 2.12. The summed E-state index contributed by atoms with van der Waals surface area (Å²) in [6.45, 7) is 3.79. The number of morpholine rings is 1. The van der Waals surface area contributed by atoms with E-state index in [1.165, 1.54) is 0 Å². The fraction of sp³-hybridized carbons (Fsp3) is 0.278. The topological polar surface area (TPSA) is 49.8 Å². The lowest BCUT2D eigenvalue weighted by Crippen LogP contribution is -2.35. The van der Waals surface area contributed by atoms with Gasteiger partial charge in [-0.05, 0) is 23.3 Å². The van der Waals surface area contributed by atoms with Crippen LogP contribution in [-0.2, 0) is 11.3 Å². The second-order valence-corrected chi connectivity index (χ2v) is 5.79. The Morgan fingerprint density at radius 2 is 1.73 bits per heavy atom. The number of nitrogens with zero attached hydrogens (tertiary/aromatic N) is 1. The van der Waals surface area contributed by atoms with Crippen LogP contribution in [-0.4, -0.2) is 42.1 Å². The van der Waals surface area contributed by atoms with Crippen molar-refractivity contribution in [2.45, 2.75) is 6.54 Å². The number of phenolic OH excluding ortho intramolecular Hbond substituents is 1. The summed E-state index contributed by atoms with van der Waals surface area (Å²) in [5.74, 6) is 0.309. The van der Waals surface area contributed by atoms with Crippen molar-refractivity contribution in [3.8, 4) is 16.9 Å². The van der Waals surface area contributed by atoms with Crippen molar-refractivity contribution in [3.63, 3.8) is 0 Å². The monoisotopic (exact) mass is 295 g/mol. The number of hydrogen-bond acceptors (Lipinski definition) is 4. The summed E-state index contributed by atoms with van der Waals surface area (Å²) in [4.78, 5) is 14.8. The summed E-state index contributed by atoms with van der Waals surface area (Å²) >= 11 is 0. The molecule has 2 aromatic carbocycles. The summed E-state index contributed by atoms with van der Waals surface area (Å²) in [5.41, 5.74) is 3.98. The number of ketones is 1. The van der Waals surface area contributed by atoms with Crippen molar-refractivity contribution in [2.24, 2.45) is 0 Å². The van der Waals surface area contributed by atoms with Gasteiger partial charge in [-0.25, -0.2) is 0 Å². The van der Waals surface area contributed by atoms with Crippen LogP contribution in [0.15, 0.2) is 36.4 Å². The fourth-order valence-corrected chi connectivity index (χ4v) is 3.23. The minimum absolute atomic E-state index is 0.0498. The molecule has 0 saturated carbocycles. The number of fused-ring (bicyclic) bond motifs is 3. The Morgan fingerprint density at radius 3 is 2.50 bits per heavy atom. The van der Waals surface area contributed by atoms with Crippen LogP contribution in [0.1, 0.15) is 21.5 Å². The number of phenols is 1. The van der Waals surface area contributed by atoms with E-state index in [9.17, 15) is 9.90 Å². The van der Waals surface area contributed by atoms with Crippen molar-refractivity contribution >= 4 is 5.78 Å². The maximum absolute atomic E-state index is 12.5. The molecule has 0 radical (unpaired) electrons. The predicted molar refractivity (Wildman–Crippen MR) is 83.1 cm³/mol. The molecule has 0 atom stereocenters. The number of carbonyl (C=O) groups excluding carboxylic acids is 1. The van der Waals surface area contributed by atoms with Crippen LogP contribution < -0.4 is 0 Å². The Balaban J connectivity index is 1.71. The van der Waals surface area contributed by atoms with E-state index in [0.29, 0.717) is 12.1 Å². The van der Waals surface area contributed by atoms with E-state index in [1.54, 1.807) is 6.07 Å². The van der Waals surface area contributed by atoms with E-state index in [1.807, 2.05) is 30.3 Å². The van der Waals surface area contributed by atoms with E-state index in [0.717, 1.165) is 48.6 Å². The van der Waals surface area contributed by atoms with Crippen LogP contribution >= 0.6 is 0 Å². The first kappa shape index (κ1) is 13.5. The Kier molecular flexibility index (Phi) is 3.21. The van der Waals surface area contributed by atoms with Crippen LogP contribution in [0.3, 0.4) is 0 Å². The molecule has 1 heterocycles. The molecular weight excluding hydrogens is 278 g/mol. The molecule has 1 aliphatic heterocycles. The first-order valence-electron chi connectivity index (χ1n) is 7.54. The molecule has 22 heavy (non-hydrogen) atoms. The molecule has 0 amide bonds. The van der Waals surface area contributed by atoms with Gasteiger partial charge in [0.05, 0.1) is 13.2 Å². The highest BCUT2D eigenvalue weighted by molar-refractivity contribution is 6.21. The van der Waals surface area contributed by atoms with Crippen LogP contribution in [0.4, 0.5) is 0 Å². The van der Waals surface area contributed by atoms with Gasteiger partial charge in [-0.3, -0.25) is 9.69 Å². The maximum Gasteiger partial charge on any atom is 0.194 e. The molecular formula is C18H17NO3. The highest BCUT2D eigenvalue weighted by Gasteiger charge is 2.28. The van der Waals surface area contributed by atoms with Crippen molar-refractivity contribution in [1.82, 2.24) is 4.90 Å². The standard InChI is InChI=1S/C18H17NO3/c20-17-10-15-13-3-1-2-4-14(13)18(21)16(15)9-12(17)11-19-5-7-22-8-6-19/h1-4,9-10,20H,5-8,11H2. The molecule has 2 aliphatic rings. The smallest absolute Gasteiger partial charge is 0.194 e. The predicted octanol–water partition coefficient (Wildman–Crippen LogP) is 2.44. The Bertz CT molecular complexity index is 748. The van der Waals surface area contributed by atoms with Crippen molar-refractivity contribution in [2.75, 3.05) is 26.3 Å². The molecule has 1 N–H and O–H groups in total. The zero-order chi connectivity index (χ0) is 15.1. The average molecular weight is 295 g/mol. The molecule has 0 spiro atoms. The number of aromatic hydroxyl groups is 1. The summed E-state index contributed by atoms with van der Waals surface area (Å²) < 4.78 is 5.34. The quantitative estimate of drug-likeness (QED) is 0.789. The van der Waals surface area contributed by atoms with Crippen LogP contribution in [0.5, 0.6) is 5.75 Å². The zero-order valence-electron chi connectivity index (χ0n) is 12.2. The number of rotatable bonds is 2. The lowest BCUT2D eigenvalue weighted by Gasteiger charge is -2.27. The molecule has 1 fully saturated rings. The Labute approximate surface area is 128 Å². The summed E-state index contributed by atoms with van der Waals surface area (Å²) in [6.07, 6.45) is 0. The molecule has 4 rings (SSSR count). The fourth-order valence-electron chi connectivity index (χ4n) is 3.23. The summed E-state index contributed by atoms with van der Waals surface area (Å²) in [6, 6.07) is 11.1. The van der Waals surface area contributed by atoms with Crippen molar-refractivity contribution < 1.29 is 14.6 Å². The number of carbonyl (C=O) groups is 1. The number of benzene rings is 2. The molecule has 4 heteroatoms. The van der Waals surface area contributed by atoms with Gasteiger partial charge >= 0.3 is 0 Å². The van der Waals surface area contributed by atoms with Gasteiger partial charge < -0.3 is 9.84 Å². The molecule has 112 valence electrons. The number of hydrogen-bond donors (Lipinski definition) is 1. The first-order valence-corrected chi connectivity index (χ1v) is 7.54. The van der Waals surface area contributed by atoms with Crippen LogP contribution in [0.2, 0.25) is 0 Å². The van der Waals surface area contributed by atoms with Gasteiger partial charge in [0.2, 0.25) is 0 Å². The van der Waals surface area contributed by atoms with Crippen molar-refractivity contribution in [3.05, 3.63) is 53.1 Å². The molecule has 4 nitrogen and oxygen atoms in total. The second kappa shape index (κ2) is 5.23. The van der Waals surface area contributed by atoms with Gasteiger partial charge in [-0.1, -0.05) is 24.3 Å². The van der Waals surface area contributed by atoms with Crippen molar-refractivity contribution in [1.29, 1.82) is 0 Å². The van der Waals surface area contributed by atoms with E-state index in [-0.39, 0.29) is 11.5 Å². The van der Waals surface area contributed by atoms with Crippen LogP contribution in [0.25, 0.3) is 11.1 Å². The lowest BCUT2D eigenvalue weighted by molar-refractivity contribution is 0.0339. The number of ether oxygens (including phenoxy) is 1. The van der Waals surface area contributed by atoms with Gasteiger partial charge in [0.1, 0.15) is 5.75 Å². The zero-order valence-corrected chi connectivity index (χ0v) is 12.2. The Hall–Kier alpha value is -2.17. The largest absolute Gasteiger partial charge is 0.508 e. The first-order chi connectivity index (χ1) is 10.7. The lowest BCUT2D eigenvalue weighted by atomic mass is 10.0. The van der Waals surface area contributed by atoms with Gasteiger partial charge in [-0.2, -0.15) is 0 Å². The molecule has 0 bridgehead atoms. The van der Waals surface area contributed by atoms with Crippen LogP contribution in [0, 0.1) is 0 Å². The third-order valence-corrected chi connectivity index (χ3v) is 4.42. The SMILES string of the molecule is O=C1c2ccccc2-c2cc(O)c(CN3CCOCC3)cc21. The second-order valence-electron chi connectivity index (χ2n) is 5.79. The molecule has 0 unspecified atom stereocenters. The van der Waals surface area contributed by atoms with Gasteiger partial charge in [-0.15, -0.1) is 0 Å². The Morgan fingerprint density at radius 1 is 1.00 bits per heavy atom. The minimum Gasteiger partial charge on any atom is -0.508 e. The molecule has 0 aromatic heterocycles. The molecule has 1 saturated heterocycles. The normalized spacial score (nSPS) is 17.4. The van der Waals surface area contributed by atoms with E-state index in [4.69, 9.17) is 4.74 Å².